The molecule has 0 saturated carbocycles. The van der Waals surface area contributed by atoms with Crippen molar-refractivity contribution >= 4 is 12.6 Å². The van der Waals surface area contributed by atoms with E-state index < -0.39 is 5.92 Å². The molecule has 0 unspecified atom stereocenters. The number of aromatic hydroxyl groups is 2. The first-order valence-electron chi connectivity index (χ1n) is 9.58. The van der Waals surface area contributed by atoms with Crippen molar-refractivity contribution in [1.82, 2.24) is 0 Å². The summed E-state index contributed by atoms with van der Waals surface area (Å²) in [6.45, 7) is 4.28. The fourth-order valence-corrected chi connectivity index (χ4v) is 3.65. The van der Waals surface area contributed by atoms with Crippen LogP contribution in [0, 0.1) is 5.92 Å². The van der Waals surface area contributed by atoms with Crippen LogP contribution in [0.4, 0.5) is 0 Å². The first kappa shape index (κ1) is 20.3. The van der Waals surface area contributed by atoms with Gasteiger partial charge in [-0.15, -0.1) is 0 Å². The van der Waals surface area contributed by atoms with Crippen LogP contribution in [0.25, 0.3) is 0 Å². The number of phenolic OH excluding ortho intramolecular Hbond substituents is 2. The molecule has 4 nitrogen and oxygen atoms in total. The molecule has 0 aliphatic carbocycles. The summed E-state index contributed by atoms with van der Waals surface area (Å²) < 4.78 is 0. The molecule has 0 saturated heterocycles. The van der Waals surface area contributed by atoms with E-state index in [0.717, 1.165) is 30.1 Å². The van der Waals surface area contributed by atoms with Gasteiger partial charge in [0.2, 0.25) is 0 Å². The van der Waals surface area contributed by atoms with Gasteiger partial charge in [-0.2, -0.15) is 0 Å². The molecule has 0 atom stereocenters. The van der Waals surface area contributed by atoms with Crippen molar-refractivity contribution in [2.75, 3.05) is 0 Å². The summed E-state index contributed by atoms with van der Waals surface area (Å²) in [5.41, 5.74) is 3.84. The maximum absolute atomic E-state index is 11.3. The minimum Gasteiger partial charge on any atom is -0.508 e. The summed E-state index contributed by atoms with van der Waals surface area (Å²) in [6.07, 6.45) is 2.33. The Morgan fingerprint density at radius 2 is 1.34 bits per heavy atom. The zero-order chi connectivity index (χ0) is 21.0. The molecular weight excluding hydrogens is 364 g/mol. The zero-order valence-corrected chi connectivity index (χ0v) is 16.5. The van der Waals surface area contributed by atoms with Crippen molar-refractivity contribution in [3.8, 4) is 11.5 Å². The molecular formula is C25H24O4. The monoisotopic (exact) mass is 388 g/mol. The Hall–Kier alpha value is -3.40. The van der Waals surface area contributed by atoms with Crippen LogP contribution < -0.4 is 0 Å². The molecule has 4 heteroatoms. The van der Waals surface area contributed by atoms with Gasteiger partial charge in [0.25, 0.3) is 0 Å². The quantitative estimate of drug-likeness (QED) is 0.436. The molecule has 0 radical (unpaired) electrons. The number of hydrogen-bond donors (Lipinski definition) is 2. The average Bonchev–Trinajstić information content (AvgIpc) is 2.70. The van der Waals surface area contributed by atoms with Gasteiger partial charge >= 0.3 is 0 Å². The molecule has 0 aliphatic rings. The van der Waals surface area contributed by atoms with Gasteiger partial charge in [-0.05, 0) is 59.9 Å². The van der Waals surface area contributed by atoms with Crippen molar-refractivity contribution < 1.29 is 19.8 Å². The Bertz CT molecular complexity index is 979. The van der Waals surface area contributed by atoms with Crippen molar-refractivity contribution in [3.63, 3.8) is 0 Å². The lowest BCUT2D eigenvalue weighted by molar-refractivity contribution is 0.111. The van der Waals surface area contributed by atoms with Crippen LogP contribution in [-0.2, 0) is 6.42 Å². The number of aldehydes is 2. The second-order valence-electron chi connectivity index (χ2n) is 7.65. The number of hydrogen-bond acceptors (Lipinski definition) is 4. The molecule has 3 rings (SSSR count). The van der Waals surface area contributed by atoms with Gasteiger partial charge in [0.05, 0.1) is 0 Å². The van der Waals surface area contributed by atoms with Crippen molar-refractivity contribution in [1.29, 1.82) is 0 Å². The van der Waals surface area contributed by atoms with E-state index >= 15 is 0 Å². The van der Waals surface area contributed by atoms with Crippen LogP contribution in [0.2, 0.25) is 0 Å². The van der Waals surface area contributed by atoms with Gasteiger partial charge in [-0.3, -0.25) is 9.59 Å². The predicted molar refractivity (Wildman–Crippen MR) is 113 cm³/mol. The topological polar surface area (TPSA) is 74.6 Å². The fraction of sp³-hybridized carbons (Fsp3) is 0.200. The molecule has 0 aromatic heterocycles. The van der Waals surface area contributed by atoms with Crippen LogP contribution >= 0.6 is 0 Å². The van der Waals surface area contributed by atoms with Crippen LogP contribution in [-0.4, -0.2) is 22.8 Å². The number of carbonyl (C=O) groups is 2. The van der Waals surface area contributed by atoms with E-state index in [1.165, 1.54) is 12.1 Å². The summed E-state index contributed by atoms with van der Waals surface area (Å²) in [5, 5.41) is 21.2. The highest BCUT2D eigenvalue weighted by Crippen LogP contribution is 2.41. The minimum absolute atomic E-state index is 0.0192. The summed E-state index contributed by atoms with van der Waals surface area (Å²) >= 11 is 0. The third kappa shape index (κ3) is 4.54. The van der Waals surface area contributed by atoms with Crippen LogP contribution in [0.5, 0.6) is 11.5 Å². The van der Waals surface area contributed by atoms with E-state index in [2.05, 4.69) is 13.8 Å². The van der Waals surface area contributed by atoms with Crippen LogP contribution in [0.15, 0.2) is 60.7 Å². The van der Waals surface area contributed by atoms with Gasteiger partial charge < -0.3 is 10.2 Å². The predicted octanol–water partition coefficient (Wildman–Crippen LogP) is 5.10. The SMILES string of the molecule is CC(C)Cc1cccc(C(c2cc(C=O)ccc2O)c2cc(C=O)ccc2O)c1. The molecule has 0 fully saturated rings. The highest BCUT2D eigenvalue weighted by atomic mass is 16.3. The Morgan fingerprint density at radius 1 is 0.793 bits per heavy atom. The van der Waals surface area contributed by atoms with Crippen LogP contribution in [0.1, 0.15) is 62.7 Å². The fourth-order valence-electron chi connectivity index (χ4n) is 3.65. The highest BCUT2D eigenvalue weighted by Gasteiger charge is 2.24. The smallest absolute Gasteiger partial charge is 0.150 e. The van der Waals surface area contributed by atoms with Gasteiger partial charge in [0.1, 0.15) is 24.1 Å². The largest absolute Gasteiger partial charge is 0.508 e. The Kier molecular flexibility index (Phi) is 6.13. The summed E-state index contributed by atoms with van der Waals surface area (Å²) in [5.74, 6) is -0.0271. The number of phenols is 2. The first-order chi connectivity index (χ1) is 13.9. The molecule has 2 N–H and O–H groups in total. The lowest BCUT2D eigenvalue weighted by Gasteiger charge is -2.22. The second kappa shape index (κ2) is 8.74. The standard InChI is InChI=1S/C25H24O4/c1-16(2)10-17-4-3-5-20(11-17)25(21-12-18(14-26)6-8-23(21)28)22-13-19(15-27)7-9-24(22)29/h3-9,11-16,25,28-29H,10H2,1-2H3. The van der Waals surface area contributed by atoms with E-state index in [0.29, 0.717) is 28.2 Å². The van der Waals surface area contributed by atoms with E-state index in [1.807, 2.05) is 24.3 Å². The maximum atomic E-state index is 11.3. The highest BCUT2D eigenvalue weighted by molar-refractivity contribution is 5.77. The van der Waals surface area contributed by atoms with Gasteiger partial charge in [0.15, 0.2) is 0 Å². The maximum Gasteiger partial charge on any atom is 0.150 e. The lowest BCUT2D eigenvalue weighted by atomic mass is 9.82. The first-order valence-corrected chi connectivity index (χ1v) is 9.58. The molecule has 0 aliphatic heterocycles. The molecule has 29 heavy (non-hydrogen) atoms. The van der Waals surface area contributed by atoms with Crippen molar-refractivity contribution in [2.45, 2.75) is 26.2 Å². The normalized spacial score (nSPS) is 11.0. The number of benzene rings is 3. The Labute approximate surface area is 170 Å². The minimum atomic E-state index is -0.540. The van der Waals surface area contributed by atoms with Gasteiger partial charge in [0, 0.05) is 28.2 Å². The van der Waals surface area contributed by atoms with Crippen molar-refractivity contribution in [3.05, 3.63) is 94.0 Å². The molecule has 0 amide bonds. The van der Waals surface area contributed by atoms with Gasteiger partial charge in [-0.25, -0.2) is 0 Å². The molecule has 0 spiro atoms. The van der Waals surface area contributed by atoms with E-state index in [9.17, 15) is 19.8 Å². The summed E-state index contributed by atoms with van der Waals surface area (Å²) in [6, 6.07) is 17.2. The molecule has 148 valence electrons. The summed E-state index contributed by atoms with van der Waals surface area (Å²) in [7, 11) is 0. The zero-order valence-electron chi connectivity index (χ0n) is 16.5. The Balaban J connectivity index is 2.26. The third-order valence-corrected chi connectivity index (χ3v) is 4.93. The van der Waals surface area contributed by atoms with Gasteiger partial charge in [-0.1, -0.05) is 38.1 Å². The Morgan fingerprint density at radius 3 is 1.83 bits per heavy atom. The molecule has 0 heterocycles. The molecule has 3 aromatic rings. The number of carbonyl (C=O) groups excluding carboxylic acids is 2. The number of rotatable bonds is 7. The third-order valence-electron chi connectivity index (χ3n) is 4.93. The molecule has 0 bridgehead atoms. The van der Waals surface area contributed by atoms with Crippen molar-refractivity contribution in [2.24, 2.45) is 5.92 Å². The van der Waals surface area contributed by atoms with E-state index in [4.69, 9.17) is 0 Å². The second-order valence-corrected chi connectivity index (χ2v) is 7.65. The molecule has 3 aromatic carbocycles. The lowest BCUT2D eigenvalue weighted by Crippen LogP contribution is -2.07. The van der Waals surface area contributed by atoms with E-state index in [-0.39, 0.29) is 11.5 Å². The van der Waals surface area contributed by atoms with Crippen LogP contribution in [0.3, 0.4) is 0 Å². The average molecular weight is 388 g/mol. The summed E-state index contributed by atoms with van der Waals surface area (Å²) in [4.78, 5) is 22.7. The van der Waals surface area contributed by atoms with E-state index in [1.54, 1.807) is 24.3 Å².